The number of hydrogen-bond acceptors (Lipinski definition) is 8. The number of nitrogens with one attached hydrogen (secondary N) is 3. The van der Waals surface area contributed by atoms with Gasteiger partial charge in [-0.3, -0.25) is 19.4 Å². The standard InChI is InChI=1S/C19H37N7O7/c1-8(2)13(18(32)33)25-17(31)14(10(4)28)26-15(29)11(6-5-7-23-19(21)22)24-16(30)12(20)9(3)27/h8-14,27-28H,5-7,20H2,1-4H3,(H,24,30)(H,25,31)(H,26,29)(H,32,33)(H4,21,22,23). The summed E-state index contributed by atoms with van der Waals surface area (Å²) >= 11 is 0. The van der Waals surface area contributed by atoms with Gasteiger partial charge in [0, 0.05) is 6.54 Å². The zero-order valence-electron chi connectivity index (χ0n) is 19.3. The van der Waals surface area contributed by atoms with Gasteiger partial charge >= 0.3 is 5.97 Å². The molecule has 0 aliphatic rings. The first-order valence-electron chi connectivity index (χ1n) is 10.5. The Hall–Kier alpha value is -2.97. The van der Waals surface area contributed by atoms with E-state index in [0.29, 0.717) is 0 Å². The van der Waals surface area contributed by atoms with Crippen LogP contribution >= 0.6 is 0 Å². The van der Waals surface area contributed by atoms with Gasteiger partial charge in [-0.1, -0.05) is 13.8 Å². The Kier molecular flexibility index (Phi) is 13.0. The lowest BCUT2D eigenvalue weighted by Crippen LogP contribution is -2.60. The normalized spacial score (nSPS) is 16.5. The molecule has 0 aromatic rings. The summed E-state index contributed by atoms with van der Waals surface area (Å²) in [5, 5.41) is 35.8. The molecule has 190 valence electrons. The van der Waals surface area contributed by atoms with E-state index in [-0.39, 0.29) is 25.3 Å². The smallest absolute Gasteiger partial charge is 0.326 e. The molecule has 0 rings (SSSR count). The van der Waals surface area contributed by atoms with Crippen molar-refractivity contribution in [1.29, 1.82) is 0 Å². The SMILES string of the molecule is CC(C)C(NC(=O)C(NC(=O)C(CCCN=C(N)N)NC(=O)C(N)C(C)O)C(C)O)C(=O)O. The average molecular weight is 476 g/mol. The van der Waals surface area contributed by atoms with Gasteiger partial charge in [-0.25, -0.2) is 4.79 Å². The molecule has 12 N–H and O–H groups in total. The highest BCUT2D eigenvalue weighted by atomic mass is 16.4. The number of aliphatic hydroxyl groups is 2. The van der Waals surface area contributed by atoms with Crippen molar-refractivity contribution in [2.75, 3.05) is 6.54 Å². The number of guanidine groups is 1. The third kappa shape index (κ3) is 10.9. The van der Waals surface area contributed by atoms with Crippen LogP contribution in [0.3, 0.4) is 0 Å². The van der Waals surface area contributed by atoms with Crippen molar-refractivity contribution in [2.24, 2.45) is 28.1 Å². The molecule has 0 radical (unpaired) electrons. The van der Waals surface area contributed by atoms with E-state index in [1.807, 2.05) is 0 Å². The fourth-order valence-electron chi connectivity index (χ4n) is 2.68. The van der Waals surface area contributed by atoms with Gasteiger partial charge in [0.05, 0.1) is 12.2 Å². The van der Waals surface area contributed by atoms with Gasteiger partial charge in [-0.2, -0.15) is 0 Å². The van der Waals surface area contributed by atoms with Crippen molar-refractivity contribution in [3.05, 3.63) is 0 Å². The Morgan fingerprint density at radius 2 is 1.39 bits per heavy atom. The number of aliphatic imine (C=N–C) groups is 1. The molecule has 14 nitrogen and oxygen atoms in total. The van der Waals surface area contributed by atoms with Crippen molar-refractivity contribution < 1.29 is 34.5 Å². The van der Waals surface area contributed by atoms with Gasteiger partial charge in [0.15, 0.2) is 5.96 Å². The van der Waals surface area contributed by atoms with E-state index >= 15 is 0 Å². The first-order chi connectivity index (χ1) is 15.2. The molecule has 0 fully saturated rings. The van der Waals surface area contributed by atoms with E-state index in [1.54, 1.807) is 13.8 Å². The zero-order valence-corrected chi connectivity index (χ0v) is 19.3. The molecule has 6 unspecified atom stereocenters. The summed E-state index contributed by atoms with van der Waals surface area (Å²) in [7, 11) is 0. The number of carboxylic acid groups (broad SMARTS) is 1. The van der Waals surface area contributed by atoms with Gasteiger partial charge < -0.3 is 48.5 Å². The number of carboxylic acids is 1. The Balaban J connectivity index is 5.52. The average Bonchev–Trinajstić information content (AvgIpc) is 2.70. The molecule has 0 heterocycles. The van der Waals surface area contributed by atoms with Gasteiger partial charge in [0.1, 0.15) is 24.2 Å². The summed E-state index contributed by atoms with van der Waals surface area (Å²) in [6.07, 6.45) is -2.26. The van der Waals surface area contributed by atoms with Crippen LogP contribution < -0.4 is 33.2 Å². The highest BCUT2D eigenvalue weighted by molar-refractivity contribution is 5.94. The first kappa shape index (κ1) is 30.0. The first-order valence-corrected chi connectivity index (χ1v) is 10.5. The topological polar surface area (TPSA) is 255 Å². The summed E-state index contributed by atoms with van der Waals surface area (Å²) in [4.78, 5) is 52.8. The molecule has 0 saturated heterocycles. The number of nitrogens with two attached hydrogens (primary N) is 3. The second kappa shape index (κ2) is 14.2. The lowest BCUT2D eigenvalue weighted by atomic mass is 10.0. The lowest BCUT2D eigenvalue weighted by Gasteiger charge is -2.27. The van der Waals surface area contributed by atoms with E-state index in [2.05, 4.69) is 20.9 Å². The Morgan fingerprint density at radius 3 is 1.82 bits per heavy atom. The van der Waals surface area contributed by atoms with Gasteiger partial charge in [0.2, 0.25) is 17.7 Å². The van der Waals surface area contributed by atoms with Crippen LogP contribution in [0.4, 0.5) is 0 Å². The molecule has 0 aliphatic carbocycles. The molecule has 3 amide bonds. The molecular formula is C19H37N7O7. The van der Waals surface area contributed by atoms with Crippen molar-refractivity contribution in [2.45, 2.75) is 76.9 Å². The van der Waals surface area contributed by atoms with Crippen LogP contribution in [-0.2, 0) is 19.2 Å². The minimum absolute atomic E-state index is 0.0405. The number of amides is 3. The number of rotatable bonds is 14. The van der Waals surface area contributed by atoms with Crippen molar-refractivity contribution in [1.82, 2.24) is 16.0 Å². The van der Waals surface area contributed by atoms with Crippen LogP contribution in [0.1, 0.15) is 40.5 Å². The van der Waals surface area contributed by atoms with Gasteiger partial charge in [-0.15, -0.1) is 0 Å². The Labute approximate surface area is 192 Å². The summed E-state index contributed by atoms with van der Waals surface area (Å²) < 4.78 is 0. The fourth-order valence-corrected chi connectivity index (χ4v) is 2.68. The third-order valence-electron chi connectivity index (χ3n) is 4.69. The molecule has 33 heavy (non-hydrogen) atoms. The maximum atomic E-state index is 12.9. The van der Waals surface area contributed by atoms with E-state index in [9.17, 15) is 34.5 Å². The lowest BCUT2D eigenvalue weighted by molar-refractivity contribution is -0.144. The monoisotopic (exact) mass is 475 g/mol. The quantitative estimate of drug-likeness (QED) is 0.0675. The third-order valence-corrected chi connectivity index (χ3v) is 4.69. The van der Waals surface area contributed by atoms with Crippen molar-refractivity contribution in [3.8, 4) is 0 Å². The van der Waals surface area contributed by atoms with E-state index in [1.165, 1.54) is 13.8 Å². The van der Waals surface area contributed by atoms with Crippen LogP contribution in [0, 0.1) is 5.92 Å². The summed E-state index contributed by atoms with van der Waals surface area (Å²) in [6, 6.07) is -5.25. The number of nitrogens with zero attached hydrogens (tertiary/aromatic N) is 1. The number of carbonyl (C=O) groups excluding carboxylic acids is 3. The predicted molar refractivity (Wildman–Crippen MR) is 120 cm³/mol. The van der Waals surface area contributed by atoms with Crippen LogP contribution in [0.2, 0.25) is 0 Å². The van der Waals surface area contributed by atoms with Gasteiger partial charge in [-0.05, 0) is 32.6 Å². The maximum Gasteiger partial charge on any atom is 0.326 e. The van der Waals surface area contributed by atoms with E-state index in [0.717, 1.165) is 0 Å². The fraction of sp³-hybridized carbons (Fsp3) is 0.737. The number of carbonyl (C=O) groups is 4. The summed E-state index contributed by atoms with van der Waals surface area (Å²) in [5.41, 5.74) is 16.1. The molecular weight excluding hydrogens is 438 g/mol. The van der Waals surface area contributed by atoms with Crippen molar-refractivity contribution in [3.63, 3.8) is 0 Å². The van der Waals surface area contributed by atoms with Gasteiger partial charge in [0.25, 0.3) is 0 Å². The maximum absolute atomic E-state index is 12.9. The number of hydrogen-bond donors (Lipinski definition) is 9. The molecule has 14 heteroatoms. The van der Waals surface area contributed by atoms with E-state index < -0.39 is 66.0 Å². The second-order valence-electron chi connectivity index (χ2n) is 8.07. The van der Waals surface area contributed by atoms with Crippen LogP contribution in [-0.4, -0.2) is 87.9 Å². The second-order valence-corrected chi connectivity index (χ2v) is 8.07. The molecule has 6 atom stereocenters. The largest absolute Gasteiger partial charge is 0.480 e. The molecule has 0 spiro atoms. The molecule has 0 saturated carbocycles. The summed E-state index contributed by atoms with van der Waals surface area (Å²) in [5.74, 6) is -4.43. The highest BCUT2D eigenvalue weighted by Gasteiger charge is 2.33. The summed E-state index contributed by atoms with van der Waals surface area (Å²) in [6.45, 7) is 5.87. The Morgan fingerprint density at radius 1 is 0.848 bits per heavy atom. The van der Waals surface area contributed by atoms with Crippen LogP contribution in [0.5, 0.6) is 0 Å². The van der Waals surface area contributed by atoms with Crippen LogP contribution in [0.25, 0.3) is 0 Å². The molecule has 0 aromatic heterocycles. The van der Waals surface area contributed by atoms with E-state index in [4.69, 9.17) is 17.2 Å². The molecule has 0 aromatic carbocycles. The predicted octanol–water partition coefficient (Wildman–Crippen LogP) is -3.68. The molecule has 0 aliphatic heterocycles. The molecule has 0 bridgehead atoms. The minimum Gasteiger partial charge on any atom is -0.480 e. The van der Waals surface area contributed by atoms with Crippen molar-refractivity contribution >= 4 is 29.7 Å². The Bertz CT molecular complexity index is 709. The van der Waals surface area contributed by atoms with Crippen LogP contribution in [0.15, 0.2) is 4.99 Å². The highest BCUT2D eigenvalue weighted by Crippen LogP contribution is 2.06. The zero-order chi connectivity index (χ0) is 25.9. The minimum atomic E-state index is -1.50. The number of aliphatic hydroxyl groups excluding tert-OH is 2. The number of aliphatic carboxylic acids is 1.